The zero-order chi connectivity index (χ0) is 14.0. The molecule has 0 amide bonds. The number of rotatable bonds is 5. The Kier molecular flexibility index (Phi) is 4.31. The van der Waals surface area contributed by atoms with Crippen molar-refractivity contribution >= 4 is 15.7 Å². The molecule has 5 nitrogen and oxygen atoms in total. The second kappa shape index (κ2) is 5.21. The lowest BCUT2D eigenvalue weighted by Gasteiger charge is -2.21. The van der Waals surface area contributed by atoms with Gasteiger partial charge in [0.15, 0.2) is 0 Å². The Balaban J connectivity index is 2.93. The average molecular weight is 276 g/mol. The second-order valence-corrected chi connectivity index (χ2v) is 6.63. The van der Waals surface area contributed by atoms with E-state index in [1.165, 1.54) is 6.07 Å². The fourth-order valence-corrected chi connectivity index (χ4v) is 2.48. The van der Waals surface area contributed by atoms with Crippen LogP contribution in [0, 0.1) is 11.2 Å². The van der Waals surface area contributed by atoms with Crippen molar-refractivity contribution in [3.63, 3.8) is 0 Å². The molecule has 1 rings (SSSR count). The van der Waals surface area contributed by atoms with Crippen molar-refractivity contribution in [3.8, 4) is 0 Å². The number of sulfonamides is 1. The van der Waals surface area contributed by atoms with E-state index in [4.69, 9.17) is 10.8 Å². The largest absolute Gasteiger partial charge is 0.399 e. The van der Waals surface area contributed by atoms with Crippen LogP contribution in [0.2, 0.25) is 0 Å². The van der Waals surface area contributed by atoms with E-state index in [-0.39, 0.29) is 23.7 Å². The molecule has 4 N–H and O–H groups in total. The number of aliphatic hydroxyl groups excluding tert-OH is 1. The number of hydrogen-bond donors (Lipinski definition) is 3. The van der Waals surface area contributed by atoms with Crippen LogP contribution in [0.4, 0.5) is 10.1 Å². The Hall–Kier alpha value is -1.18. The first-order valence-electron chi connectivity index (χ1n) is 5.33. The summed E-state index contributed by atoms with van der Waals surface area (Å²) in [7, 11) is -3.83. The van der Waals surface area contributed by atoms with E-state index in [0.717, 1.165) is 12.1 Å². The molecule has 0 aliphatic rings. The van der Waals surface area contributed by atoms with Crippen LogP contribution in [0.5, 0.6) is 0 Å². The van der Waals surface area contributed by atoms with Gasteiger partial charge >= 0.3 is 0 Å². The van der Waals surface area contributed by atoms with Gasteiger partial charge in [-0.05, 0) is 18.2 Å². The second-order valence-electron chi connectivity index (χ2n) is 4.87. The van der Waals surface area contributed by atoms with Crippen molar-refractivity contribution in [1.82, 2.24) is 4.72 Å². The fourth-order valence-electron chi connectivity index (χ4n) is 1.17. The van der Waals surface area contributed by atoms with Gasteiger partial charge in [-0.3, -0.25) is 0 Å². The number of hydrogen-bond acceptors (Lipinski definition) is 4. The van der Waals surface area contributed by atoms with Gasteiger partial charge in [0.25, 0.3) is 0 Å². The molecule has 0 aliphatic carbocycles. The third-order valence-electron chi connectivity index (χ3n) is 2.37. The summed E-state index contributed by atoms with van der Waals surface area (Å²) in [6.07, 6.45) is 0. The van der Waals surface area contributed by atoms with Crippen molar-refractivity contribution < 1.29 is 17.9 Å². The molecule has 0 aromatic heterocycles. The van der Waals surface area contributed by atoms with Crippen molar-refractivity contribution in [3.05, 3.63) is 24.0 Å². The number of benzene rings is 1. The summed E-state index contributed by atoms with van der Waals surface area (Å²) in [6.45, 7) is 3.29. The topological polar surface area (TPSA) is 92.4 Å². The van der Waals surface area contributed by atoms with Crippen LogP contribution in [-0.4, -0.2) is 26.7 Å². The number of halogens is 1. The predicted molar refractivity (Wildman–Crippen MR) is 66.9 cm³/mol. The molecular weight excluding hydrogens is 259 g/mol. The molecule has 1 aromatic carbocycles. The molecule has 18 heavy (non-hydrogen) atoms. The Morgan fingerprint density at radius 3 is 2.50 bits per heavy atom. The maximum atomic E-state index is 13.1. The highest BCUT2D eigenvalue weighted by Gasteiger charge is 2.22. The van der Waals surface area contributed by atoms with Crippen molar-refractivity contribution in [2.24, 2.45) is 5.41 Å². The average Bonchev–Trinajstić information content (AvgIpc) is 2.25. The summed E-state index contributed by atoms with van der Waals surface area (Å²) in [6, 6.07) is 3.11. The van der Waals surface area contributed by atoms with E-state index in [1.807, 2.05) is 0 Å². The molecule has 0 saturated heterocycles. The van der Waals surface area contributed by atoms with Gasteiger partial charge in [-0.1, -0.05) is 13.8 Å². The number of nitrogens with two attached hydrogens (primary N) is 1. The minimum absolute atomic E-state index is 0.0387. The van der Waals surface area contributed by atoms with E-state index in [0.29, 0.717) is 0 Å². The molecule has 102 valence electrons. The summed E-state index contributed by atoms with van der Waals surface area (Å²) >= 11 is 0. The molecule has 0 spiro atoms. The van der Waals surface area contributed by atoms with Crippen LogP contribution in [0.25, 0.3) is 0 Å². The van der Waals surface area contributed by atoms with E-state index >= 15 is 0 Å². The van der Waals surface area contributed by atoms with E-state index in [2.05, 4.69) is 4.72 Å². The summed E-state index contributed by atoms with van der Waals surface area (Å²) in [5.41, 5.74) is 4.84. The number of nitrogens with one attached hydrogen (secondary N) is 1. The van der Waals surface area contributed by atoms with Crippen molar-refractivity contribution in [1.29, 1.82) is 0 Å². The van der Waals surface area contributed by atoms with E-state index in [9.17, 15) is 12.8 Å². The Morgan fingerprint density at radius 1 is 1.39 bits per heavy atom. The SMILES string of the molecule is CC(C)(CO)CNS(=O)(=O)c1cc(N)cc(F)c1. The van der Waals surface area contributed by atoms with Crippen LogP contribution < -0.4 is 10.5 Å². The molecule has 0 bridgehead atoms. The number of anilines is 1. The summed E-state index contributed by atoms with van der Waals surface area (Å²) in [5, 5.41) is 9.03. The highest BCUT2D eigenvalue weighted by Crippen LogP contribution is 2.17. The van der Waals surface area contributed by atoms with E-state index < -0.39 is 21.3 Å². The van der Waals surface area contributed by atoms with Gasteiger partial charge in [0, 0.05) is 24.3 Å². The van der Waals surface area contributed by atoms with Gasteiger partial charge in [-0.25, -0.2) is 17.5 Å². The highest BCUT2D eigenvalue weighted by atomic mass is 32.2. The Labute approximate surface area is 106 Å². The molecule has 0 aliphatic heterocycles. The smallest absolute Gasteiger partial charge is 0.240 e. The summed E-state index contributed by atoms with van der Waals surface area (Å²) in [5.74, 6) is -0.711. The molecule has 0 atom stereocenters. The molecule has 0 radical (unpaired) electrons. The third kappa shape index (κ3) is 3.94. The highest BCUT2D eigenvalue weighted by molar-refractivity contribution is 7.89. The predicted octanol–water partition coefficient (Wildman–Crippen LogP) is 0.705. The first-order valence-corrected chi connectivity index (χ1v) is 6.81. The molecule has 0 heterocycles. The zero-order valence-corrected chi connectivity index (χ0v) is 11.1. The quantitative estimate of drug-likeness (QED) is 0.690. The van der Waals surface area contributed by atoms with Crippen LogP contribution in [-0.2, 0) is 10.0 Å². The van der Waals surface area contributed by atoms with Gasteiger partial charge in [0.2, 0.25) is 10.0 Å². The maximum Gasteiger partial charge on any atom is 0.240 e. The van der Waals surface area contributed by atoms with Crippen LogP contribution in [0.1, 0.15) is 13.8 Å². The maximum absolute atomic E-state index is 13.1. The van der Waals surface area contributed by atoms with Crippen molar-refractivity contribution in [2.75, 3.05) is 18.9 Å². The molecule has 0 unspecified atom stereocenters. The monoisotopic (exact) mass is 276 g/mol. The van der Waals surface area contributed by atoms with Crippen LogP contribution >= 0.6 is 0 Å². The lowest BCUT2D eigenvalue weighted by Crippen LogP contribution is -2.36. The zero-order valence-electron chi connectivity index (χ0n) is 10.3. The van der Waals surface area contributed by atoms with E-state index in [1.54, 1.807) is 13.8 Å². The third-order valence-corrected chi connectivity index (χ3v) is 3.75. The first-order chi connectivity index (χ1) is 8.16. The minimum atomic E-state index is -3.83. The molecule has 0 saturated carbocycles. The van der Waals surface area contributed by atoms with Crippen LogP contribution in [0.15, 0.2) is 23.1 Å². The molecule has 0 fully saturated rings. The fraction of sp³-hybridized carbons (Fsp3) is 0.455. The standard InChI is InChI=1S/C11H17FN2O3S/c1-11(2,7-15)6-14-18(16,17)10-4-8(12)3-9(13)5-10/h3-5,14-15H,6-7,13H2,1-2H3. The Morgan fingerprint density at radius 2 is 2.00 bits per heavy atom. The number of aliphatic hydroxyl groups is 1. The normalized spacial score (nSPS) is 12.7. The van der Waals surface area contributed by atoms with Gasteiger partial charge in [0.1, 0.15) is 5.82 Å². The minimum Gasteiger partial charge on any atom is -0.399 e. The van der Waals surface area contributed by atoms with Crippen LogP contribution in [0.3, 0.4) is 0 Å². The summed E-state index contributed by atoms with van der Waals surface area (Å²) in [4.78, 5) is -0.228. The molecule has 1 aromatic rings. The molecule has 7 heteroatoms. The van der Waals surface area contributed by atoms with Crippen molar-refractivity contribution in [2.45, 2.75) is 18.7 Å². The molecular formula is C11H17FN2O3S. The van der Waals surface area contributed by atoms with Gasteiger partial charge in [0.05, 0.1) is 4.90 Å². The van der Waals surface area contributed by atoms with Gasteiger partial charge in [-0.15, -0.1) is 0 Å². The Bertz CT molecular complexity index is 509. The lowest BCUT2D eigenvalue weighted by molar-refractivity contribution is 0.163. The van der Waals surface area contributed by atoms with Gasteiger partial charge in [-0.2, -0.15) is 0 Å². The lowest BCUT2D eigenvalue weighted by atomic mass is 9.96. The summed E-state index contributed by atoms with van der Waals surface area (Å²) < 4.78 is 39.2. The van der Waals surface area contributed by atoms with Gasteiger partial charge < -0.3 is 10.8 Å². The first kappa shape index (κ1) is 14.9. The number of nitrogen functional groups attached to an aromatic ring is 1.